The Morgan fingerprint density at radius 2 is 1.86 bits per heavy atom. The fourth-order valence-electron chi connectivity index (χ4n) is 3.73. The molecule has 1 atom stereocenters. The van der Waals surface area contributed by atoms with Crippen LogP contribution in [0.4, 0.5) is 0 Å². The number of aromatic nitrogens is 2. The molecule has 0 aliphatic carbocycles. The Balaban J connectivity index is 1.83. The molecule has 0 saturated carbocycles. The lowest BCUT2D eigenvalue weighted by molar-refractivity contribution is 0.0677. The number of aryl methyl sites for hydroxylation is 1. The third kappa shape index (κ3) is 3.21. The molecule has 0 fully saturated rings. The molecule has 1 N–H and O–H groups in total. The van der Waals surface area contributed by atoms with Crippen molar-refractivity contribution >= 4 is 17.5 Å². The Bertz CT molecular complexity index is 980. The highest BCUT2D eigenvalue weighted by Crippen LogP contribution is 2.42. The van der Waals surface area contributed by atoms with E-state index in [2.05, 4.69) is 41.4 Å². The standard InChI is InChI=1S/C22H22ClN3O2/c1-3-14-4-6-16(7-5-14)21-18-19(15-8-10-17(23)11-9-15)24-25-20(18)22(27)26(21)12-13-28-2/h4-11,21H,3,12-13H2,1-2H3,(H,24,25). The number of amides is 1. The number of hydrogen-bond donors (Lipinski definition) is 1. The number of rotatable bonds is 6. The van der Waals surface area contributed by atoms with Gasteiger partial charge in [-0.15, -0.1) is 0 Å². The van der Waals surface area contributed by atoms with Crippen molar-refractivity contribution in [3.8, 4) is 11.3 Å². The largest absolute Gasteiger partial charge is 0.383 e. The van der Waals surface area contributed by atoms with Crippen LogP contribution in [0.5, 0.6) is 0 Å². The van der Waals surface area contributed by atoms with Gasteiger partial charge in [0.25, 0.3) is 5.91 Å². The van der Waals surface area contributed by atoms with Crippen LogP contribution in [-0.4, -0.2) is 41.3 Å². The van der Waals surface area contributed by atoms with Gasteiger partial charge in [-0.1, -0.05) is 54.9 Å². The van der Waals surface area contributed by atoms with Gasteiger partial charge in [0.05, 0.1) is 18.3 Å². The van der Waals surface area contributed by atoms with Crippen LogP contribution in [-0.2, 0) is 11.2 Å². The minimum Gasteiger partial charge on any atom is -0.383 e. The highest BCUT2D eigenvalue weighted by Gasteiger charge is 2.41. The fraction of sp³-hybridized carbons (Fsp3) is 0.273. The maximum Gasteiger partial charge on any atom is 0.273 e. The third-order valence-corrected chi connectivity index (χ3v) is 5.47. The van der Waals surface area contributed by atoms with E-state index in [0.29, 0.717) is 23.9 Å². The monoisotopic (exact) mass is 395 g/mol. The highest BCUT2D eigenvalue weighted by molar-refractivity contribution is 6.30. The summed E-state index contributed by atoms with van der Waals surface area (Å²) >= 11 is 6.04. The topological polar surface area (TPSA) is 58.2 Å². The number of fused-ring (bicyclic) bond motifs is 1. The second-order valence-corrected chi connectivity index (χ2v) is 7.29. The molecular weight excluding hydrogens is 374 g/mol. The van der Waals surface area contributed by atoms with E-state index >= 15 is 0 Å². The summed E-state index contributed by atoms with van der Waals surface area (Å²) < 4.78 is 5.24. The van der Waals surface area contributed by atoms with E-state index in [1.54, 1.807) is 7.11 Å². The Kier molecular flexibility index (Phi) is 5.20. The van der Waals surface area contributed by atoms with Crippen LogP contribution < -0.4 is 0 Å². The van der Waals surface area contributed by atoms with E-state index < -0.39 is 0 Å². The van der Waals surface area contributed by atoms with Crippen molar-refractivity contribution < 1.29 is 9.53 Å². The average molecular weight is 396 g/mol. The third-order valence-electron chi connectivity index (χ3n) is 5.22. The Morgan fingerprint density at radius 1 is 1.14 bits per heavy atom. The zero-order valence-corrected chi connectivity index (χ0v) is 16.7. The number of ether oxygens (including phenoxy) is 1. The lowest BCUT2D eigenvalue weighted by atomic mass is 9.95. The number of nitrogens with zero attached hydrogens (tertiary/aromatic N) is 2. The van der Waals surface area contributed by atoms with Gasteiger partial charge in [0.2, 0.25) is 0 Å². The van der Waals surface area contributed by atoms with Crippen LogP contribution in [0.3, 0.4) is 0 Å². The normalized spacial score (nSPS) is 15.9. The van der Waals surface area contributed by atoms with Gasteiger partial charge in [-0.05, 0) is 29.7 Å². The molecule has 144 valence electrons. The Hall–Kier alpha value is -2.63. The molecule has 4 rings (SSSR count). The van der Waals surface area contributed by atoms with Crippen LogP contribution in [0.1, 0.15) is 40.1 Å². The molecular formula is C22H22ClN3O2. The molecule has 2 heterocycles. The first-order valence-corrected chi connectivity index (χ1v) is 9.74. The predicted molar refractivity (Wildman–Crippen MR) is 110 cm³/mol. The quantitative estimate of drug-likeness (QED) is 0.669. The summed E-state index contributed by atoms with van der Waals surface area (Å²) in [6, 6.07) is 15.8. The molecule has 28 heavy (non-hydrogen) atoms. The first-order valence-electron chi connectivity index (χ1n) is 9.37. The zero-order chi connectivity index (χ0) is 19.7. The van der Waals surface area contributed by atoms with E-state index in [4.69, 9.17) is 16.3 Å². The molecule has 1 aliphatic heterocycles. The SMILES string of the molecule is CCc1ccc(C2c3c(-c4ccc(Cl)cc4)n[nH]c3C(=O)N2CCOC)cc1. The summed E-state index contributed by atoms with van der Waals surface area (Å²) in [5, 5.41) is 8.10. The molecule has 6 heteroatoms. The average Bonchev–Trinajstić information content (AvgIpc) is 3.26. The lowest BCUT2D eigenvalue weighted by Crippen LogP contribution is -2.32. The van der Waals surface area contributed by atoms with Crippen molar-refractivity contribution in [2.75, 3.05) is 20.3 Å². The number of hydrogen-bond acceptors (Lipinski definition) is 3. The molecule has 1 aromatic heterocycles. The van der Waals surface area contributed by atoms with E-state index in [0.717, 1.165) is 28.8 Å². The van der Waals surface area contributed by atoms with Crippen LogP contribution in [0, 0.1) is 0 Å². The molecule has 3 aromatic rings. The number of carbonyl (C=O) groups is 1. The molecule has 0 saturated heterocycles. The van der Waals surface area contributed by atoms with Crippen molar-refractivity contribution in [1.29, 1.82) is 0 Å². The number of aromatic amines is 1. The van der Waals surface area contributed by atoms with Crippen molar-refractivity contribution in [1.82, 2.24) is 15.1 Å². The van der Waals surface area contributed by atoms with Gasteiger partial charge in [-0.25, -0.2) is 0 Å². The van der Waals surface area contributed by atoms with Crippen LogP contribution in [0.25, 0.3) is 11.3 Å². The molecule has 0 bridgehead atoms. The Morgan fingerprint density at radius 3 is 2.50 bits per heavy atom. The fourth-order valence-corrected chi connectivity index (χ4v) is 3.85. The molecule has 1 aliphatic rings. The minimum absolute atomic E-state index is 0.0515. The van der Waals surface area contributed by atoms with Gasteiger partial charge < -0.3 is 9.64 Å². The number of halogens is 1. The molecule has 0 spiro atoms. The van der Waals surface area contributed by atoms with Gasteiger partial charge in [0.1, 0.15) is 5.69 Å². The van der Waals surface area contributed by atoms with Gasteiger partial charge in [0.15, 0.2) is 0 Å². The van der Waals surface area contributed by atoms with Crippen LogP contribution >= 0.6 is 11.6 Å². The van der Waals surface area contributed by atoms with Crippen molar-refractivity contribution in [2.24, 2.45) is 0 Å². The maximum atomic E-state index is 13.1. The summed E-state index contributed by atoms with van der Waals surface area (Å²) in [5.74, 6) is -0.0515. The van der Waals surface area contributed by atoms with Gasteiger partial charge in [-0.2, -0.15) is 5.10 Å². The van der Waals surface area contributed by atoms with Gasteiger partial charge in [0, 0.05) is 29.8 Å². The second kappa shape index (κ2) is 7.78. The summed E-state index contributed by atoms with van der Waals surface area (Å²) in [5.41, 5.74) is 5.50. The molecule has 5 nitrogen and oxygen atoms in total. The van der Waals surface area contributed by atoms with Gasteiger partial charge in [-0.3, -0.25) is 9.89 Å². The molecule has 0 radical (unpaired) electrons. The number of nitrogens with one attached hydrogen (secondary N) is 1. The second-order valence-electron chi connectivity index (χ2n) is 6.86. The Labute approximate surface area is 169 Å². The maximum absolute atomic E-state index is 13.1. The summed E-state index contributed by atoms with van der Waals surface area (Å²) in [6.07, 6.45) is 0.976. The molecule has 1 amide bonds. The summed E-state index contributed by atoms with van der Waals surface area (Å²) in [4.78, 5) is 14.9. The number of carbonyl (C=O) groups excluding carboxylic acids is 1. The van der Waals surface area contributed by atoms with Crippen molar-refractivity contribution in [3.05, 3.63) is 75.9 Å². The van der Waals surface area contributed by atoms with Crippen LogP contribution in [0.15, 0.2) is 48.5 Å². The van der Waals surface area contributed by atoms with E-state index in [1.165, 1.54) is 5.56 Å². The van der Waals surface area contributed by atoms with Crippen molar-refractivity contribution in [2.45, 2.75) is 19.4 Å². The minimum atomic E-state index is -0.201. The first kappa shape index (κ1) is 18.7. The van der Waals surface area contributed by atoms with Gasteiger partial charge >= 0.3 is 0 Å². The van der Waals surface area contributed by atoms with Crippen molar-refractivity contribution in [3.63, 3.8) is 0 Å². The lowest BCUT2D eigenvalue weighted by Gasteiger charge is -2.26. The smallest absolute Gasteiger partial charge is 0.273 e. The molecule has 2 aromatic carbocycles. The van der Waals surface area contributed by atoms with E-state index in [-0.39, 0.29) is 11.9 Å². The molecule has 1 unspecified atom stereocenters. The highest BCUT2D eigenvalue weighted by atomic mass is 35.5. The first-order chi connectivity index (χ1) is 13.6. The van der Waals surface area contributed by atoms with Crippen LogP contribution in [0.2, 0.25) is 5.02 Å². The number of methoxy groups -OCH3 is 1. The number of benzene rings is 2. The zero-order valence-electron chi connectivity index (χ0n) is 15.9. The van der Waals surface area contributed by atoms with E-state index in [9.17, 15) is 4.79 Å². The summed E-state index contributed by atoms with van der Waals surface area (Å²) in [7, 11) is 1.64. The number of H-pyrrole nitrogens is 1. The summed E-state index contributed by atoms with van der Waals surface area (Å²) in [6.45, 7) is 3.12. The van der Waals surface area contributed by atoms with E-state index in [1.807, 2.05) is 29.2 Å². The predicted octanol–water partition coefficient (Wildman–Crippen LogP) is 4.48.